The second-order valence-corrected chi connectivity index (χ2v) is 5.40. The lowest BCUT2D eigenvalue weighted by Gasteiger charge is -2.22. The van der Waals surface area contributed by atoms with Gasteiger partial charge in [0.25, 0.3) is 0 Å². The molecule has 0 amide bonds. The number of rotatable bonds is 5. The van der Waals surface area contributed by atoms with Gasteiger partial charge in [0.2, 0.25) is 0 Å². The molecule has 0 aliphatic heterocycles. The molecule has 2 rings (SSSR count). The number of nitrogens with zero attached hydrogens (tertiary/aromatic N) is 2. The maximum atomic E-state index is 5.68. The quantitative estimate of drug-likeness (QED) is 0.921. The average Bonchev–Trinajstić information content (AvgIpc) is 2.42. The van der Waals surface area contributed by atoms with E-state index in [0.29, 0.717) is 6.54 Å². The minimum Gasteiger partial charge on any atom is -0.368 e. The molecular formula is C15H18BrN3. The van der Waals surface area contributed by atoms with Crippen molar-refractivity contribution in [2.24, 2.45) is 5.73 Å². The van der Waals surface area contributed by atoms with Crippen LogP contribution in [-0.2, 0) is 13.0 Å². The molecular weight excluding hydrogens is 302 g/mol. The van der Waals surface area contributed by atoms with Crippen molar-refractivity contribution in [1.29, 1.82) is 0 Å². The van der Waals surface area contributed by atoms with E-state index in [1.165, 1.54) is 11.3 Å². The summed E-state index contributed by atoms with van der Waals surface area (Å²) in [4.78, 5) is 6.57. The molecule has 0 radical (unpaired) electrons. The third-order valence-electron chi connectivity index (χ3n) is 3.00. The van der Waals surface area contributed by atoms with Gasteiger partial charge in [-0.2, -0.15) is 0 Å². The van der Waals surface area contributed by atoms with Crippen LogP contribution in [0.5, 0.6) is 0 Å². The van der Waals surface area contributed by atoms with Crippen LogP contribution in [0, 0.1) is 0 Å². The van der Waals surface area contributed by atoms with Gasteiger partial charge in [-0.3, -0.25) is 4.98 Å². The van der Waals surface area contributed by atoms with E-state index in [2.05, 4.69) is 51.1 Å². The molecule has 0 fully saturated rings. The molecule has 100 valence electrons. The Labute approximate surface area is 122 Å². The molecule has 2 aromatic rings. The largest absolute Gasteiger partial charge is 0.368 e. The van der Waals surface area contributed by atoms with Crippen LogP contribution in [0.3, 0.4) is 0 Å². The van der Waals surface area contributed by atoms with Crippen molar-refractivity contribution in [2.45, 2.75) is 13.0 Å². The Bertz CT molecular complexity index is 528. The predicted octanol–water partition coefficient (Wildman–Crippen LogP) is 2.98. The third kappa shape index (κ3) is 3.78. The summed E-state index contributed by atoms with van der Waals surface area (Å²) in [6.45, 7) is 1.45. The normalized spacial score (nSPS) is 10.5. The highest BCUT2D eigenvalue weighted by atomic mass is 79.9. The maximum absolute atomic E-state index is 5.68. The standard InChI is InChI=1S/C15H18BrN3/c1-19(11-14-4-2-3-9-18-14)15-10-13(16)6-5-12(15)7-8-17/h2-6,9-10H,7-8,11,17H2,1H3. The number of aromatic nitrogens is 1. The molecule has 1 aromatic carbocycles. The summed E-state index contributed by atoms with van der Waals surface area (Å²) >= 11 is 3.53. The molecule has 19 heavy (non-hydrogen) atoms. The van der Waals surface area contributed by atoms with Crippen LogP contribution in [0.4, 0.5) is 5.69 Å². The number of pyridine rings is 1. The number of hydrogen-bond donors (Lipinski definition) is 1. The van der Waals surface area contributed by atoms with Crippen molar-refractivity contribution in [3.8, 4) is 0 Å². The Kier molecular flexibility index (Phi) is 4.93. The minimum absolute atomic E-state index is 0.659. The zero-order valence-corrected chi connectivity index (χ0v) is 12.6. The molecule has 3 nitrogen and oxygen atoms in total. The van der Waals surface area contributed by atoms with Crippen LogP contribution >= 0.6 is 15.9 Å². The highest BCUT2D eigenvalue weighted by Crippen LogP contribution is 2.25. The van der Waals surface area contributed by atoms with Gasteiger partial charge in [0, 0.05) is 23.4 Å². The van der Waals surface area contributed by atoms with Gasteiger partial charge in [-0.05, 0) is 42.8 Å². The molecule has 0 atom stereocenters. The third-order valence-corrected chi connectivity index (χ3v) is 3.49. The van der Waals surface area contributed by atoms with Crippen LogP contribution in [0.1, 0.15) is 11.3 Å². The first-order valence-corrected chi connectivity index (χ1v) is 7.09. The Morgan fingerprint density at radius 2 is 2.11 bits per heavy atom. The van der Waals surface area contributed by atoms with E-state index < -0.39 is 0 Å². The van der Waals surface area contributed by atoms with E-state index in [0.717, 1.165) is 23.1 Å². The Hall–Kier alpha value is -1.39. The molecule has 0 saturated heterocycles. The average molecular weight is 320 g/mol. The molecule has 0 aliphatic carbocycles. The SMILES string of the molecule is CN(Cc1ccccn1)c1cc(Br)ccc1CCN. The lowest BCUT2D eigenvalue weighted by atomic mass is 10.1. The molecule has 0 aliphatic rings. The fourth-order valence-corrected chi connectivity index (χ4v) is 2.43. The maximum Gasteiger partial charge on any atom is 0.0598 e. The Morgan fingerprint density at radius 1 is 1.26 bits per heavy atom. The molecule has 2 N–H and O–H groups in total. The molecule has 0 spiro atoms. The molecule has 0 bridgehead atoms. The van der Waals surface area contributed by atoms with Crippen molar-refractivity contribution in [3.05, 3.63) is 58.3 Å². The van der Waals surface area contributed by atoms with E-state index in [-0.39, 0.29) is 0 Å². The monoisotopic (exact) mass is 319 g/mol. The number of hydrogen-bond acceptors (Lipinski definition) is 3. The fraction of sp³-hybridized carbons (Fsp3) is 0.267. The van der Waals surface area contributed by atoms with E-state index in [1.807, 2.05) is 24.4 Å². The van der Waals surface area contributed by atoms with Gasteiger partial charge < -0.3 is 10.6 Å². The van der Waals surface area contributed by atoms with Crippen LogP contribution in [0.15, 0.2) is 47.1 Å². The molecule has 1 heterocycles. The van der Waals surface area contributed by atoms with E-state index in [4.69, 9.17) is 5.73 Å². The van der Waals surface area contributed by atoms with Gasteiger partial charge in [-0.15, -0.1) is 0 Å². The molecule has 0 unspecified atom stereocenters. The van der Waals surface area contributed by atoms with E-state index >= 15 is 0 Å². The minimum atomic E-state index is 0.659. The first-order chi connectivity index (χ1) is 9.20. The summed E-state index contributed by atoms with van der Waals surface area (Å²) in [7, 11) is 2.08. The summed E-state index contributed by atoms with van der Waals surface area (Å²) in [5.74, 6) is 0. The van der Waals surface area contributed by atoms with E-state index in [1.54, 1.807) is 0 Å². The Morgan fingerprint density at radius 3 is 2.79 bits per heavy atom. The van der Waals surface area contributed by atoms with Gasteiger partial charge in [0.15, 0.2) is 0 Å². The molecule has 1 aromatic heterocycles. The second-order valence-electron chi connectivity index (χ2n) is 4.49. The highest BCUT2D eigenvalue weighted by molar-refractivity contribution is 9.10. The number of benzene rings is 1. The van der Waals surface area contributed by atoms with Crippen LogP contribution < -0.4 is 10.6 Å². The number of nitrogens with two attached hydrogens (primary N) is 1. The summed E-state index contributed by atoms with van der Waals surface area (Å²) in [5.41, 5.74) is 9.20. The fourth-order valence-electron chi connectivity index (χ4n) is 2.08. The second kappa shape index (κ2) is 6.68. The van der Waals surface area contributed by atoms with Crippen molar-refractivity contribution >= 4 is 21.6 Å². The van der Waals surface area contributed by atoms with Crippen LogP contribution in [0.25, 0.3) is 0 Å². The zero-order valence-electron chi connectivity index (χ0n) is 11.0. The number of anilines is 1. The van der Waals surface area contributed by atoms with Gasteiger partial charge in [-0.1, -0.05) is 28.1 Å². The van der Waals surface area contributed by atoms with Gasteiger partial charge in [0.1, 0.15) is 0 Å². The topological polar surface area (TPSA) is 42.2 Å². The zero-order chi connectivity index (χ0) is 13.7. The van der Waals surface area contributed by atoms with Gasteiger partial charge >= 0.3 is 0 Å². The molecule has 4 heteroatoms. The first-order valence-electron chi connectivity index (χ1n) is 6.30. The number of halogens is 1. The lowest BCUT2D eigenvalue weighted by molar-refractivity contribution is 0.866. The van der Waals surface area contributed by atoms with Crippen molar-refractivity contribution in [1.82, 2.24) is 4.98 Å². The highest BCUT2D eigenvalue weighted by Gasteiger charge is 2.09. The Balaban J connectivity index is 2.22. The van der Waals surface area contributed by atoms with E-state index in [9.17, 15) is 0 Å². The lowest BCUT2D eigenvalue weighted by Crippen LogP contribution is -2.19. The van der Waals surface area contributed by atoms with Crippen molar-refractivity contribution in [2.75, 3.05) is 18.5 Å². The van der Waals surface area contributed by atoms with Crippen LogP contribution in [0.2, 0.25) is 0 Å². The van der Waals surface area contributed by atoms with Gasteiger partial charge in [0.05, 0.1) is 12.2 Å². The summed E-state index contributed by atoms with van der Waals surface area (Å²) < 4.78 is 1.08. The first kappa shape index (κ1) is 14.0. The summed E-state index contributed by atoms with van der Waals surface area (Å²) in [6.07, 6.45) is 2.71. The van der Waals surface area contributed by atoms with Crippen molar-refractivity contribution in [3.63, 3.8) is 0 Å². The van der Waals surface area contributed by atoms with Crippen molar-refractivity contribution < 1.29 is 0 Å². The smallest absolute Gasteiger partial charge is 0.0598 e. The van der Waals surface area contributed by atoms with Crippen LogP contribution in [-0.4, -0.2) is 18.6 Å². The predicted molar refractivity (Wildman–Crippen MR) is 83.2 cm³/mol. The summed E-state index contributed by atoms with van der Waals surface area (Å²) in [5, 5.41) is 0. The van der Waals surface area contributed by atoms with Gasteiger partial charge in [-0.25, -0.2) is 0 Å². The summed E-state index contributed by atoms with van der Waals surface area (Å²) in [6, 6.07) is 12.3. The molecule has 0 saturated carbocycles.